The predicted molar refractivity (Wildman–Crippen MR) is 65.0 cm³/mol. The summed E-state index contributed by atoms with van der Waals surface area (Å²) >= 11 is 6.77. The number of thiophene rings is 1. The van der Waals surface area contributed by atoms with Crippen LogP contribution in [0.1, 0.15) is 13.3 Å². The Morgan fingerprint density at radius 1 is 1.62 bits per heavy atom. The Morgan fingerprint density at radius 2 is 2.38 bits per heavy atom. The Kier molecular flexibility index (Phi) is 3.09. The molecule has 1 aromatic heterocycles. The third kappa shape index (κ3) is 2.16. The van der Waals surface area contributed by atoms with E-state index in [2.05, 4.69) is 15.0 Å². The third-order valence-electron chi connectivity index (χ3n) is 1.90. The van der Waals surface area contributed by atoms with Crippen molar-refractivity contribution in [2.24, 2.45) is 4.99 Å². The Bertz CT molecular complexity index is 535. The van der Waals surface area contributed by atoms with E-state index in [1.165, 1.54) is 0 Å². The van der Waals surface area contributed by atoms with E-state index >= 15 is 0 Å². The summed E-state index contributed by atoms with van der Waals surface area (Å²) in [5.41, 5.74) is 0.396. The van der Waals surface area contributed by atoms with Gasteiger partial charge in [-0.2, -0.15) is 0 Å². The summed E-state index contributed by atoms with van der Waals surface area (Å²) in [6.07, 6.45) is 0.887. The van der Waals surface area contributed by atoms with Crippen LogP contribution < -0.4 is 10.0 Å². The molecule has 2 rings (SSSR count). The molecule has 2 N–H and O–H groups in total. The third-order valence-corrected chi connectivity index (χ3v) is 5.01. The van der Waals surface area contributed by atoms with E-state index < -0.39 is 10.0 Å². The summed E-state index contributed by atoms with van der Waals surface area (Å²) in [5, 5.41) is 2.90. The highest BCUT2D eigenvalue weighted by Crippen LogP contribution is 2.38. The smallest absolute Gasteiger partial charge is 0.275 e. The lowest BCUT2D eigenvalue weighted by atomic mass is 10.5. The van der Waals surface area contributed by atoms with Crippen LogP contribution in [0.15, 0.2) is 15.3 Å². The molecular weight excluding hydrogens is 270 g/mol. The molecule has 16 heavy (non-hydrogen) atoms. The minimum Gasteiger partial charge on any atom is -0.355 e. The molecule has 0 radical (unpaired) electrons. The number of aliphatic imine (C=N–C) groups is 1. The first-order valence-electron chi connectivity index (χ1n) is 4.67. The van der Waals surface area contributed by atoms with E-state index in [1.54, 1.807) is 6.07 Å². The lowest BCUT2D eigenvalue weighted by Crippen LogP contribution is -2.42. The molecule has 8 heteroatoms. The molecule has 0 unspecified atom stereocenters. The van der Waals surface area contributed by atoms with Crippen LogP contribution in [0.3, 0.4) is 0 Å². The average molecular weight is 280 g/mol. The van der Waals surface area contributed by atoms with Gasteiger partial charge in [0.25, 0.3) is 10.0 Å². The first-order valence-corrected chi connectivity index (χ1v) is 7.35. The van der Waals surface area contributed by atoms with Gasteiger partial charge in [-0.3, -0.25) is 0 Å². The van der Waals surface area contributed by atoms with Crippen molar-refractivity contribution in [1.29, 1.82) is 0 Å². The van der Waals surface area contributed by atoms with Gasteiger partial charge in [0.05, 0.1) is 4.34 Å². The average Bonchev–Trinajstić information content (AvgIpc) is 2.56. The Hall–Kier alpha value is -0.790. The van der Waals surface area contributed by atoms with Gasteiger partial charge in [0.15, 0.2) is 4.21 Å². The number of nitrogens with zero attached hydrogens (tertiary/aromatic N) is 1. The lowest BCUT2D eigenvalue weighted by molar-refractivity contribution is 0.592. The molecule has 0 spiro atoms. The summed E-state index contributed by atoms with van der Waals surface area (Å²) in [6.45, 7) is 2.65. The second-order valence-electron chi connectivity index (χ2n) is 3.22. The van der Waals surface area contributed by atoms with Crippen LogP contribution in [0.5, 0.6) is 0 Å². The number of guanidine groups is 1. The van der Waals surface area contributed by atoms with Crippen molar-refractivity contribution >= 4 is 44.6 Å². The summed E-state index contributed by atoms with van der Waals surface area (Å²) in [5.74, 6) is 0.254. The van der Waals surface area contributed by atoms with Gasteiger partial charge in [0, 0.05) is 6.54 Å². The SMILES string of the molecule is CCCNC1=Nc2cc(Cl)sc2S(=O)(=O)N1. The Labute approximate surface area is 103 Å². The maximum absolute atomic E-state index is 11.8. The van der Waals surface area contributed by atoms with Crippen LogP contribution in [0.4, 0.5) is 5.69 Å². The molecule has 0 saturated carbocycles. The number of sulfonamides is 1. The first-order chi connectivity index (χ1) is 7.53. The molecule has 0 amide bonds. The van der Waals surface area contributed by atoms with Crippen LogP contribution in [0, 0.1) is 0 Å². The van der Waals surface area contributed by atoms with Gasteiger partial charge in [0.1, 0.15) is 5.69 Å². The second-order valence-corrected chi connectivity index (χ2v) is 6.78. The number of hydrogen-bond acceptors (Lipinski definition) is 5. The van der Waals surface area contributed by atoms with Crippen molar-refractivity contribution in [3.63, 3.8) is 0 Å². The van der Waals surface area contributed by atoms with Crippen molar-refractivity contribution in [2.75, 3.05) is 6.54 Å². The van der Waals surface area contributed by atoms with Crippen molar-refractivity contribution in [1.82, 2.24) is 10.0 Å². The topological polar surface area (TPSA) is 70.6 Å². The van der Waals surface area contributed by atoms with Crippen LogP contribution in [-0.2, 0) is 10.0 Å². The standard InChI is InChI=1S/C8H10ClN3O2S2/c1-2-3-10-8-11-5-4-6(9)15-7(5)16(13,14)12-8/h4H,2-3H2,1H3,(H2,10,11,12). The van der Waals surface area contributed by atoms with Gasteiger partial charge >= 0.3 is 0 Å². The van der Waals surface area contributed by atoms with Gasteiger partial charge in [-0.1, -0.05) is 18.5 Å². The monoisotopic (exact) mass is 279 g/mol. The van der Waals surface area contributed by atoms with E-state index in [-0.39, 0.29) is 10.2 Å². The Morgan fingerprint density at radius 3 is 3.06 bits per heavy atom. The minimum absolute atomic E-state index is 0.166. The molecule has 5 nitrogen and oxygen atoms in total. The van der Waals surface area contributed by atoms with Crippen LogP contribution in [0.2, 0.25) is 4.34 Å². The van der Waals surface area contributed by atoms with Crippen molar-refractivity contribution in [3.05, 3.63) is 10.4 Å². The van der Waals surface area contributed by atoms with E-state index in [0.29, 0.717) is 16.6 Å². The molecule has 1 aromatic rings. The maximum atomic E-state index is 11.8. The molecule has 0 aromatic carbocycles. The molecule has 0 fully saturated rings. The molecule has 88 valence electrons. The maximum Gasteiger partial charge on any atom is 0.275 e. The molecule has 0 atom stereocenters. The highest BCUT2D eigenvalue weighted by atomic mass is 35.5. The zero-order valence-electron chi connectivity index (χ0n) is 8.45. The lowest BCUT2D eigenvalue weighted by Gasteiger charge is -2.15. The molecule has 0 saturated heterocycles. The molecule has 2 heterocycles. The molecular formula is C8H10ClN3O2S2. The number of rotatable bonds is 2. The molecule has 0 aliphatic carbocycles. The second kappa shape index (κ2) is 4.23. The summed E-state index contributed by atoms with van der Waals surface area (Å²) < 4.78 is 26.5. The van der Waals surface area contributed by atoms with Gasteiger partial charge in [-0.25, -0.2) is 18.1 Å². The van der Waals surface area contributed by atoms with Crippen LogP contribution >= 0.6 is 22.9 Å². The number of hydrogen-bond donors (Lipinski definition) is 2. The van der Waals surface area contributed by atoms with E-state index in [1.807, 2.05) is 6.92 Å². The fourth-order valence-electron chi connectivity index (χ4n) is 1.24. The summed E-state index contributed by atoms with van der Waals surface area (Å²) in [6, 6.07) is 1.55. The van der Waals surface area contributed by atoms with Crippen molar-refractivity contribution in [2.45, 2.75) is 17.6 Å². The summed E-state index contributed by atoms with van der Waals surface area (Å²) in [4.78, 5) is 4.14. The minimum atomic E-state index is -3.51. The predicted octanol–water partition coefficient (Wildman–Crippen LogP) is 1.68. The highest BCUT2D eigenvalue weighted by molar-refractivity contribution is 7.92. The molecule has 0 bridgehead atoms. The fraction of sp³-hybridized carbons (Fsp3) is 0.375. The van der Waals surface area contributed by atoms with Gasteiger partial charge in [0.2, 0.25) is 5.96 Å². The molecule has 1 aliphatic rings. The summed E-state index contributed by atoms with van der Waals surface area (Å²) in [7, 11) is -3.51. The zero-order chi connectivity index (χ0) is 11.8. The van der Waals surface area contributed by atoms with E-state index in [9.17, 15) is 8.42 Å². The van der Waals surface area contributed by atoms with Gasteiger partial charge in [-0.05, 0) is 12.5 Å². The van der Waals surface area contributed by atoms with E-state index in [4.69, 9.17) is 11.6 Å². The highest BCUT2D eigenvalue weighted by Gasteiger charge is 2.27. The largest absolute Gasteiger partial charge is 0.355 e. The van der Waals surface area contributed by atoms with Crippen molar-refractivity contribution in [3.8, 4) is 0 Å². The number of fused-ring (bicyclic) bond motifs is 1. The first kappa shape index (κ1) is 11.7. The van der Waals surface area contributed by atoms with Gasteiger partial charge < -0.3 is 5.32 Å². The zero-order valence-corrected chi connectivity index (χ0v) is 10.8. The fourth-order valence-corrected chi connectivity index (χ4v) is 3.95. The Balaban J connectivity index is 2.39. The quantitative estimate of drug-likeness (QED) is 0.865. The number of halogens is 1. The van der Waals surface area contributed by atoms with Crippen molar-refractivity contribution < 1.29 is 8.42 Å². The van der Waals surface area contributed by atoms with Crippen LogP contribution in [-0.4, -0.2) is 20.9 Å². The normalized spacial score (nSPS) is 17.2. The number of nitrogens with one attached hydrogen (secondary N) is 2. The van der Waals surface area contributed by atoms with E-state index in [0.717, 1.165) is 17.8 Å². The molecule has 1 aliphatic heterocycles. The van der Waals surface area contributed by atoms with Gasteiger partial charge in [-0.15, -0.1) is 11.3 Å². The van der Waals surface area contributed by atoms with Crippen LogP contribution in [0.25, 0.3) is 0 Å².